The van der Waals surface area contributed by atoms with Gasteiger partial charge in [0.15, 0.2) is 5.69 Å². The van der Waals surface area contributed by atoms with Crippen LogP contribution in [0.15, 0.2) is 36.4 Å². The molecule has 3 rings (SSSR count). The standard InChI is InChI=1S/C15H9Cl2FN2O2/c16-11-2-1-3-12(17)10(11)7-20-13-5-4-8(18)6-9(13)14(19-20)15(21)22/h1-6H,7H2,(H,21,22). The van der Waals surface area contributed by atoms with Crippen molar-refractivity contribution in [2.75, 3.05) is 0 Å². The second-order valence-electron chi connectivity index (χ2n) is 4.67. The largest absolute Gasteiger partial charge is 0.476 e. The van der Waals surface area contributed by atoms with Crippen LogP contribution in [0.2, 0.25) is 10.0 Å². The van der Waals surface area contributed by atoms with E-state index in [-0.39, 0.29) is 17.6 Å². The third kappa shape index (κ3) is 2.53. The van der Waals surface area contributed by atoms with Gasteiger partial charge in [-0.25, -0.2) is 9.18 Å². The molecule has 0 fully saturated rings. The van der Waals surface area contributed by atoms with Crippen molar-refractivity contribution in [1.29, 1.82) is 0 Å². The number of benzene rings is 2. The Labute approximate surface area is 134 Å². The lowest BCUT2D eigenvalue weighted by atomic mass is 10.2. The van der Waals surface area contributed by atoms with Crippen LogP contribution in [0, 0.1) is 5.82 Å². The Morgan fingerprint density at radius 2 is 1.91 bits per heavy atom. The fraction of sp³-hybridized carbons (Fsp3) is 0.0667. The van der Waals surface area contributed by atoms with Crippen LogP contribution in [0.25, 0.3) is 10.9 Å². The number of carboxylic acid groups (broad SMARTS) is 1. The van der Waals surface area contributed by atoms with Crippen LogP contribution in [0.4, 0.5) is 4.39 Å². The molecular weight excluding hydrogens is 330 g/mol. The summed E-state index contributed by atoms with van der Waals surface area (Å²) in [5.74, 6) is -1.75. The van der Waals surface area contributed by atoms with E-state index in [0.717, 1.165) is 6.07 Å². The average Bonchev–Trinajstić information content (AvgIpc) is 2.81. The maximum Gasteiger partial charge on any atom is 0.357 e. The second kappa shape index (κ2) is 5.59. The Bertz CT molecular complexity index is 872. The van der Waals surface area contributed by atoms with Gasteiger partial charge in [0.05, 0.1) is 12.1 Å². The molecule has 22 heavy (non-hydrogen) atoms. The molecule has 0 spiro atoms. The van der Waals surface area contributed by atoms with Gasteiger partial charge in [-0.05, 0) is 30.3 Å². The predicted octanol–water partition coefficient (Wildman–Crippen LogP) is 4.23. The SMILES string of the molecule is O=C(O)c1nn(Cc2c(Cl)cccc2Cl)c2ccc(F)cc12. The summed E-state index contributed by atoms with van der Waals surface area (Å²) in [4.78, 5) is 11.3. The third-order valence-corrected chi connectivity index (χ3v) is 3.99. The first kappa shape index (κ1) is 14.8. The van der Waals surface area contributed by atoms with Crippen molar-refractivity contribution in [3.05, 3.63) is 63.5 Å². The van der Waals surface area contributed by atoms with Crippen molar-refractivity contribution in [3.63, 3.8) is 0 Å². The van der Waals surface area contributed by atoms with Gasteiger partial charge in [0.2, 0.25) is 0 Å². The van der Waals surface area contributed by atoms with Crippen LogP contribution in [-0.2, 0) is 6.54 Å². The van der Waals surface area contributed by atoms with Crippen molar-refractivity contribution in [2.24, 2.45) is 0 Å². The summed E-state index contributed by atoms with van der Waals surface area (Å²) in [5.41, 5.74) is 0.906. The van der Waals surface area contributed by atoms with E-state index >= 15 is 0 Å². The third-order valence-electron chi connectivity index (χ3n) is 3.28. The van der Waals surface area contributed by atoms with Gasteiger partial charge in [0.25, 0.3) is 0 Å². The molecule has 0 aliphatic rings. The highest BCUT2D eigenvalue weighted by atomic mass is 35.5. The molecule has 112 valence electrons. The first-order valence-corrected chi connectivity index (χ1v) is 7.05. The Morgan fingerprint density at radius 3 is 2.55 bits per heavy atom. The van der Waals surface area contributed by atoms with E-state index in [1.54, 1.807) is 18.2 Å². The van der Waals surface area contributed by atoms with Crippen molar-refractivity contribution in [3.8, 4) is 0 Å². The van der Waals surface area contributed by atoms with E-state index in [4.69, 9.17) is 23.2 Å². The Kier molecular flexibility index (Phi) is 3.76. The molecule has 0 saturated heterocycles. The number of carbonyl (C=O) groups is 1. The molecule has 1 aromatic heterocycles. The molecule has 1 N–H and O–H groups in total. The number of fused-ring (bicyclic) bond motifs is 1. The highest BCUT2D eigenvalue weighted by molar-refractivity contribution is 6.36. The molecule has 4 nitrogen and oxygen atoms in total. The zero-order valence-corrected chi connectivity index (χ0v) is 12.6. The molecule has 0 radical (unpaired) electrons. The first-order valence-electron chi connectivity index (χ1n) is 6.29. The molecule has 0 aliphatic heterocycles. The molecule has 7 heteroatoms. The highest BCUT2D eigenvalue weighted by Gasteiger charge is 2.18. The number of halogens is 3. The molecule has 3 aromatic rings. The second-order valence-corrected chi connectivity index (χ2v) is 5.49. The lowest BCUT2D eigenvalue weighted by Crippen LogP contribution is -2.05. The number of aromatic nitrogens is 2. The molecular formula is C15H9Cl2FN2O2. The summed E-state index contributed by atoms with van der Waals surface area (Å²) in [6.07, 6.45) is 0. The van der Waals surface area contributed by atoms with Crippen molar-refractivity contribution >= 4 is 40.1 Å². The van der Waals surface area contributed by atoms with Gasteiger partial charge in [-0.2, -0.15) is 5.10 Å². The fourth-order valence-corrected chi connectivity index (χ4v) is 2.78. The lowest BCUT2D eigenvalue weighted by molar-refractivity contribution is 0.0691. The number of hydrogen-bond donors (Lipinski definition) is 1. The van der Waals surface area contributed by atoms with Crippen LogP contribution in [0.3, 0.4) is 0 Å². The van der Waals surface area contributed by atoms with Crippen molar-refractivity contribution in [1.82, 2.24) is 9.78 Å². The first-order chi connectivity index (χ1) is 10.5. The van der Waals surface area contributed by atoms with Gasteiger partial charge in [0, 0.05) is 21.0 Å². The maximum absolute atomic E-state index is 13.4. The Balaban J connectivity index is 2.18. The molecule has 0 aliphatic carbocycles. The minimum atomic E-state index is -1.22. The quantitative estimate of drug-likeness (QED) is 0.777. The summed E-state index contributed by atoms with van der Waals surface area (Å²) >= 11 is 12.2. The molecule has 1 heterocycles. The molecule has 0 unspecified atom stereocenters. The maximum atomic E-state index is 13.4. The summed E-state index contributed by atoms with van der Waals surface area (Å²) in [6, 6.07) is 8.97. The fourth-order valence-electron chi connectivity index (χ4n) is 2.26. The Morgan fingerprint density at radius 1 is 1.23 bits per heavy atom. The average molecular weight is 339 g/mol. The van der Waals surface area contributed by atoms with Gasteiger partial charge in [-0.1, -0.05) is 29.3 Å². The van der Waals surface area contributed by atoms with Crippen LogP contribution < -0.4 is 0 Å². The van der Waals surface area contributed by atoms with E-state index in [0.29, 0.717) is 21.1 Å². The summed E-state index contributed by atoms with van der Waals surface area (Å²) in [5, 5.41) is 14.4. The molecule has 0 saturated carbocycles. The van der Waals surface area contributed by atoms with E-state index in [2.05, 4.69) is 5.10 Å². The molecule has 2 aromatic carbocycles. The molecule has 0 atom stereocenters. The minimum absolute atomic E-state index is 0.188. The zero-order valence-electron chi connectivity index (χ0n) is 11.1. The van der Waals surface area contributed by atoms with Gasteiger partial charge in [0.1, 0.15) is 5.82 Å². The normalized spacial score (nSPS) is 11.0. The van der Waals surface area contributed by atoms with E-state index < -0.39 is 11.8 Å². The van der Waals surface area contributed by atoms with Gasteiger partial charge in [-0.3, -0.25) is 4.68 Å². The number of aromatic carboxylic acids is 1. The highest BCUT2D eigenvalue weighted by Crippen LogP contribution is 2.27. The Hall–Kier alpha value is -2.11. The van der Waals surface area contributed by atoms with Crippen LogP contribution in [0.5, 0.6) is 0 Å². The van der Waals surface area contributed by atoms with E-state index in [1.807, 2.05) is 0 Å². The molecule has 0 bridgehead atoms. The smallest absolute Gasteiger partial charge is 0.357 e. The zero-order chi connectivity index (χ0) is 15.9. The number of hydrogen-bond acceptors (Lipinski definition) is 2. The van der Waals surface area contributed by atoms with E-state index in [9.17, 15) is 14.3 Å². The van der Waals surface area contributed by atoms with Crippen molar-refractivity contribution in [2.45, 2.75) is 6.54 Å². The van der Waals surface area contributed by atoms with Gasteiger partial charge in [-0.15, -0.1) is 0 Å². The van der Waals surface area contributed by atoms with Gasteiger partial charge >= 0.3 is 5.97 Å². The summed E-state index contributed by atoms with van der Waals surface area (Å²) in [6.45, 7) is 0.188. The summed E-state index contributed by atoms with van der Waals surface area (Å²) < 4.78 is 14.8. The van der Waals surface area contributed by atoms with Crippen LogP contribution in [0.1, 0.15) is 16.1 Å². The number of nitrogens with zero attached hydrogens (tertiary/aromatic N) is 2. The predicted molar refractivity (Wildman–Crippen MR) is 82.2 cm³/mol. The topological polar surface area (TPSA) is 55.1 Å². The van der Waals surface area contributed by atoms with Crippen molar-refractivity contribution < 1.29 is 14.3 Å². The minimum Gasteiger partial charge on any atom is -0.476 e. The molecule has 0 amide bonds. The van der Waals surface area contributed by atoms with E-state index in [1.165, 1.54) is 16.8 Å². The number of carboxylic acids is 1. The number of rotatable bonds is 3. The lowest BCUT2D eigenvalue weighted by Gasteiger charge is -2.08. The summed E-state index contributed by atoms with van der Waals surface area (Å²) in [7, 11) is 0. The van der Waals surface area contributed by atoms with Gasteiger partial charge < -0.3 is 5.11 Å². The van der Waals surface area contributed by atoms with Crippen LogP contribution >= 0.6 is 23.2 Å². The monoisotopic (exact) mass is 338 g/mol. The van der Waals surface area contributed by atoms with Crippen LogP contribution in [-0.4, -0.2) is 20.9 Å².